The largest absolute Gasteiger partial charge is 0.339 e. The van der Waals surface area contributed by atoms with Crippen LogP contribution in [0.1, 0.15) is 48.9 Å². The Labute approximate surface area is 123 Å². The van der Waals surface area contributed by atoms with Crippen molar-refractivity contribution in [3.05, 3.63) is 34.3 Å². The number of hydrogen-bond acceptors (Lipinski definition) is 1. The first-order valence-corrected chi connectivity index (χ1v) is 8.03. The van der Waals surface area contributed by atoms with Gasteiger partial charge < -0.3 is 4.90 Å². The van der Waals surface area contributed by atoms with E-state index in [9.17, 15) is 4.79 Å². The zero-order chi connectivity index (χ0) is 13.3. The molecule has 1 heterocycles. The Balaban J connectivity index is 1.64. The maximum Gasteiger partial charge on any atom is 0.253 e. The molecule has 0 radical (unpaired) electrons. The van der Waals surface area contributed by atoms with E-state index in [-0.39, 0.29) is 5.91 Å². The molecule has 1 aromatic rings. The van der Waals surface area contributed by atoms with Gasteiger partial charge in [-0.1, -0.05) is 28.8 Å². The lowest BCUT2D eigenvalue weighted by molar-refractivity contribution is 0.0587. The van der Waals surface area contributed by atoms with Crippen LogP contribution in [0.3, 0.4) is 0 Å². The van der Waals surface area contributed by atoms with Gasteiger partial charge in [0.15, 0.2) is 0 Å². The van der Waals surface area contributed by atoms with E-state index in [2.05, 4.69) is 15.9 Å². The highest BCUT2D eigenvalue weighted by Crippen LogP contribution is 2.46. The van der Waals surface area contributed by atoms with Gasteiger partial charge >= 0.3 is 0 Å². The van der Waals surface area contributed by atoms with E-state index in [0.29, 0.717) is 5.41 Å². The van der Waals surface area contributed by atoms with Gasteiger partial charge in [0.2, 0.25) is 0 Å². The summed E-state index contributed by atoms with van der Waals surface area (Å²) in [5.74, 6) is 0.195. The molecule has 0 unspecified atom stereocenters. The Hall–Kier alpha value is -0.830. The minimum Gasteiger partial charge on any atom is -0.339 e. The first kappa shape index (κ1) is 13.2. The van der Waals surface area contributed by atoms with Gasteiger partial charge in [-0.05, 0) is 55.4 Å². The highest BCUT2D eigenvalue weighted by molar-refractivity contribution is 9.10. The molecule has 0 N–H and O–H groups in total. The van der Waals surface area contributed by atoms with Crippen LogP contribution in [0.4, 0.5) is 0 Å². The SMILES string of the molecule is O=C(c1ccc(Br)cc1)N1CCC2(CCCC2)CC1. The van der Waals surface area contributed by atoms with E-state index in [1.54, 1.807) is 0 Å². The fraction of sp³-hybridized carbons (Fsp3) is 0.562. The molecule has 1 aliphatic heterocycles. The number of halogens is 1. The molecule has 0 atom stereocenters. The van der Waals surface area contributed by atoms with E-state index in [4.69, 9.17) is 0 Å². The van der Waals surface area contributed by atoms with Crippen molar-refractivity contribution in [2.45, 2.75) is 38.5 Å². The van der Waals surface area contributed by atoms with Crippen molar-refractivity contribution in [3.63, 3.8) is 0 Å². The maximum atomic E-state index is 12.4. The molecule has 3 rings (SSSR count). The molecule has 0 aromatic heterocycles. The molecule has 1 amide bonds. The minimum absolute atomic E-state index is 0.195. The number of piperidine rings is 1. The molecule has 2 fully saturated rings. The van der Waals surface area contributed by atoms with Crippen LogP contribution in [0.25, 0.3) is 0 Å². The van der Waals surface area contributed by atoms with Crippen LogP contribution in [0.5, 0.6) is 0 Å². The number of hydrogen-bond donors (Lipinski definition) is 0. The molecular weight excluding hydrogens is 302 g/mol. The van der Waals surface area contributed by atoms with Crippen molar-refractivity contribution in [1.82, 2.24) is 4.90 Å². The fourth-order valence-electron chi connectivity index (χ4n) is 3.58. The second-order valence-corrected chi connectivity index (χ2v) is 6.92. The van der Waals surface area contributed by atoms with Gasteiger partial charge in [-0.3, -0.25) is 4.79 Å². The molecule has 1 aromatic carbocycles. The van der Waals surface area contributed by atoms with E-state index < -0.39 is 0 Å². The van der Waals surface area contributed by atoms with E-state index in [1.807, 2.05) is 29.2 Å². The molecular formula is C16H20BrNO. The monoisotopic (exact) mass is 321 g/mol. The maximum absolute atomic E-state index is 12.4. The predicted octanol–water partition coefficient (Wildman–Crippen LogP) is 4.25. The van der Waals surface area contributed by atoms with Crippen molar-refractivity contribution < 1.29 is 4.79 Å². The van der Waals surface area contributed by atoms with Crippen LogP contribution in [0.2, 0.25) is 0 Å². The number of rotatable bonds is 1. The van der Waals surface area contributed by atoms with Gasteiger partial charge in [0.1, 0.15) is 0 Å². The summed E-state index contributed by atoms with van der Waals surface area (Å²) in [5.41, 5.74) is 1.39. The Morgan fingerprint density at radius 3 is 2.16 bits per heavy atom. The normalized spacial score (nSPS) is 21.8. The van der Waals surface area contributed by atoms with Crippen molar-refractivity contribution in [1.29, 1.82) is 0 Å². The third-order valence-electron chi connectivity index (χ3n) is 4.87. The van der Waals surface area contributed by atoms with Crippen LogP contribution in [0.15, 0.2) is 28.7 Å². The molecule has 0 bridgehead atoms. The number of carbonyl (C=O) groups excluding carboxylic acids is 1. The molecule has 1 aliphatic carbocycles. The summed E-state index contributed by atoms with van der Waals surface area (Å²) in [6.07, 6.45) is 7.95. The van der Waals surface area contributed by atoms with Gasteiger partial charge in [-0.2, -0.15) is 0 Å². The third kappa shape index (κ3) is 2.71. The first-order valence-electron chi connectivity index (χ1n) is 7.23. The van der Waals surface area contributed by atoms with Crippen LogP contribution in [0, 0.1) is 5.41 Å². The van der Waals surface area contributed by atoms with Gasteiger partial charge in [0.25, 0.3) is 5.91 Å². The second-order valence-electron chi connectivity index (χ2n) is 6.01. The summed E-state index contributed by atoms with van der Waals surface area (Å²) in [4.78, 5) is 14.5. The molecule has 1 saturated heterocycles. The van der Waals surface area contributed by atoms with Crippen molar-refractivity contribution in [3.8, 4) is 0 Å². The minimum atomic E-state index is 0.195. The Morgan fingerprint density at radius 2 is 1.58 bits per heavy atom. The summed E-state index contributed by atoms with van der Waals surface area (Å²) in [5, 5.41) is 0. The molecule has 3 heteroatoms. The molecule has 102 valence electrons. The highest BCUT2D eigenvalue weighted by Gasteiger charge is 2.37. The zero-order valence-corrected chi connectivity index (χ0v) is 12.8. The Bertz CT molecular complexity index is 452. The lowest BCUT2D eigenvalue weighted by Gasteiger charge is -2.39. The number of amides is 1. The second kappa shape index (κ2) is 5.28. The van der Waals surface area contributed by atoms with Gasteiger partial charge in [0.05, 0.1) is 0 Å². The van der Waals surface area contributed by atoms with Crippen LogP contribution in [-0.2, 0) is 0 Å². The number of carbonyl (C=O) groups is 1. The smallest absolute Gasteiger partial charge is 0.253 e. The average Bonchev–Trinajstić information content (AvgIpc) is 2.88. The van der Waals surface area contributed by atoms with E-state index in [0.717, 1.165) is 23.1 Å². The van der Waals surface area contributed by atoms with E-state index >= 15 is 0 Å². The summed E-state index contributed by atoms with van der Waals surface area (Å²) in [6, 6.07) is 7.70. The Morgan fingerprint density at radius 1 is 1.00 bits per heavy atom. The zero-order valence-electron chi connectivity index (χ0n) is 11.2. The van der Waals surface area contributed by atoms with Crippen molar-refractivity contribution in [2.24, 2.45) is 5.41 Å². The lowest BCUT2D eigenvalue weighted by Crippen LogP contribution is -2.42. The highest BCUT2D eigenvalue weighted by atomic mass is 79.9. The quantitative estimate of drug-likeness (QED) is 0.757. The number of nitrogens with zero attached hydrogens (tertiary/aromatic N) is 1. The topological polar surface area (TPSA) is 20.3 Å². The van der Waals surface area contributed by atoms with Gasteiger partial charge in [-0.15, -0.1) is 0 Å². The summed E-state index contributed by atoms with van der Waals surface area (Å²) in [7, 11) is 0. The van der Waals surface area contributed by atoms with E-state index in [1.165, 1.54) is 38.5 Å². The molecule has 2 aliphatic rings. The molecule has 19 heavy (non-hydrogen) atoms. The van der Waals surface area contributed by atoms with Crippen LogP contribution < -0.4 is 0 Å². The van der Waals surface area contributed by atoms with Gasteiger partial charge in [0, 0.05) is 23.1 Å². The standard InChI is InChI=1S/C16H20BrNO/c17-14-5-3-13(4-6-14)15(19)18-11-9-16(10-12-18)7-1-2-8-16/h3-6H,1-2,7-12H2. The summed E-state index contributed by atoms with van der Waals surface area (Å²) < 4.78 is 1.02. The molecule has 1 spiro atoms. The fourth-order valence-corrected chi connectivity index (χ4v) is 3.85. The predicted molar refractivity (Wildman–Crippen MR) is 80.2 cm³/mol. The summed E-state index contributed by atoms with van der Waals surface area (Å²) in [6.45, 7) is 1.88. The first-order chi connectivity index (χ1) is 9.19. The van der Waals surface area contributed by atoms with Gasteiger partial charge in [-0.25, -0.2) is 0 Å². The number of benzene rings is 1. The molecule has 1 saturated carbocycles. The van der Waals surface area contributed by atoms with Crippen LogP contribution in [-0.4, -0.2) is 23.9 Å². The van der Waals surface area contributed by atoms with Crippen LogP contribution >= 0.6 is 15.9 Å². The Kier molecular flexibility index (Phi) is 3.66. The molecule has 2 nitrogen and oxygen atoms in total. The van der Waals surface area contributed by atoms with Crippen molar-refractivity contribution in [2.75, 3.05) is 13.1 Å². The average molecular weight is 322 g/mol. The van der Waals surface area contributed by atoms with Crippen molar-refractivity contribution >= 4 is 21.8 Å². The third-order valence-corrected chi connectivity index (χ3v) is 5.40. The summed E-state index contributed by atoms with van der Waals surface area (Å²) >= 11 is 3.41. The number of likely N-dealkylation sites (tertiary alicyclic amines) is 1. The lowest BCUT2D eigenvalue weighted by atomic mass is 9.77.